The number of benzene rings is 1. The second-order valence-electron chi connectivity index (χ2n) is 3.75. The minimum absolute atomic E-state index is 0.127. The monoisotopic (exact) mass is 242 g/mol. The average Bonchev–Trinajstić information content (AvgIpc) is 2.81. The molecule has 0 saturated carbocycles. The van der Waals surface area contributed by atoms with E-state index in [4.69, 9.17) is 9.84 Å². The lowest BCUT2D eigenvalue weighted by Gasteiger charge is -2.03. The van der Waals surface area contributed by atoms with Crippen LogP contribution in [-0.2, 0) is 13.7 Å². The molecule has 0 unspecified atom stereocenters. The van der Waals surface area contributed by atoms with Gasteiger partial charge in [0.15, 0.2) is 0 Å². The third-order valence-corrected chi connectivity index (χ3v) is 2.32. The highest BCUT2D eigenvalue weighted by molar-refractivity contribution is 5.38. The maximum atomic E-state index is 8.59. The Morgan fingerprint density at radius 2 is 2.06 bits per heavy atom. The number of aryl methyl sites for hydroxylation is 1. The molecule has 0 spiro atoms. The Labute approximate surface area is 106 Å². The summed E-state index contributed by atoms with van der Waals surface area (Å²) in [7, 11) is 1.87. The summed E-state index contributed by atoms with van der Waals surface area (Å²) in [5.74, 6) is 6.20. The van der Waals surface area contributed by atoms with Gasteiger partial charge in [-0.25, -0.2) is 0 Å². The van der Waals surface area contributed by atoms with Gasteiger partial charge in [-0.2, -0.15) is 5.10 Å². The molecule has 2 rings (SSSR count). The fourth-order valence-electron chi connectivity index (χ4n) is 1.47. The predicted molar refractivity (Wildman–Crippen MR) is 67.9 cm³/mol. The van der Waals surface area contributed by atoms with Gasteiger partial charge >= 0.3 is 0 Å². The van der Waals surface area contributed by atoms with E-state index < -0.39 is 0 Å². The fourth-order valence-corrected chi connectivity index (χ4v) is 1.47. The highest BCUT2D eigenvalue weighted by atomic mass is 16.5. The van der Waals surface area contributed by atoms with Crippen LogP contribution in [0.15, 0.2) is 36.5 Å². The molecule has 0 aliphatic rings. The summed E-state index contributed by atoms with van der Waals surface area (Å²) in [5, 5.41) is 12.8. The van der Waals surface area contributed by atoms with Gasteiger partial charge in [0, 0.05) is 18.8 Å². The second-order valence-corrected chi connectivity index (χ2v) is 3.75. The Kier molecular flexibility index (Phi) is 4.00. The zero-order valence-electron chi connectivity index (χ0n) is 10.1. The van der Waals surface area contributed by atoms with Gasteiger partial charge in [-0.05, 0) is 30.3 Å². The summed E-state index contributed by atoms with van der Waals surface area (Å²) in [6.07, 6.45) is 1.88. The first kappa shape index (κ1) is 12.2. The van der Waals surface area contributed by atoms with E-state index in [9.17, 15) is 0 Å². The van der Waals surface area contributed by atoms with Crippen molar-refractivity contribution < 1.29 is 9.84 Å². The van der Waals surface area contributed by atoms with Gasteiger partial charge in [-0.1, -0.05) is 11.8 Å². The van der Waals surface area contributed by atoms with Gasteiger partial charge < -0.3 is 9.84 Å². The van der Waals surface area contributed by atoms with E-state index in [1.165, 1.54) is 0 Å². The smallest absolute Gasteiger partial charge is 0.132 e. The lowest BCUT2D eigenvalue weighted by molar-refractivity contribution is 0.300. The standard InChI is InChI=1S/C14H14N2O2/c1-16-9-8-13(15-16)11-18-14-6-4-12(5-7-14)3-2-10-17/h4-9,17H,10-11H2,1H3. The van der Waals surface area contributed by atoms with Crippen molar-refractivity contribution in [2.45, 2.75) is 6.61 Å². The van der Waals surface area contributed by atoms with Crippen molar-refractivity contribution in [1.82, 2.24) is 9.78 Å². The molecule has 0 radical (unpaired) electrons. The molecule has 4 nitrogen and oxygen atoms in total. The van der Waals surface area contributed by atoms with Gasteiger partial charge in [0.05, 0.1) is 5.69 Å². The topological polar surface area (TPSA) is 47.3 Å². The van der Waals surface area contributed by atoms with E-state index >= 15 is 0 Å². The fraction of sp³-hybridized carbons (Fsp3) is 0.214. The minimum atomic E-state index is -0.127. The Hall–Kier alpha value is -2.25. The molecule has 1 aromatic carbocycles. The van der Waals surface area contributed by atoms with E-state index in [-0.39, 0.29) is 6.61 Å². The second kappa shape index (κ2) is 5.89. The molecule has 1 heterocycles. The molecule has 0 atom stereocenters. The number of hydrogen-bond donors (Lipinski definition) is 1. The van der Waals surface area contributed by atoms with E-state index in [0.717, 1.165) is 17.0 Å². The largest absolute Gasteiger partial charge is 0.487 e. The first-order chi connectivity index (χ1) is 8.78. The van der Waals surface area contributed by atoms with Crippen LogP contribution in [0, 0.1) is 11.8 Å². The van der Waals surface area contributed by atoms with Crippen molar-refractivity contribution in [3.63, 3.8) is 0 Å². The van der Waals surface area contributed by atoms with Crippen LogP contribution >= 0.6 is 0 Å². The maximum absolute atomic E-state index is 8.59. The van der Waals surface area contributed by atoms with E-state index in [0.29, 0.717) is 6.61 Å². The number of hydrogen-bond acceptors (Lipinski definition) is 3. The van der Waals surface area contributed by atoms with Crippen molar-refractivity contribution in [2.24, 2.45) is 7.05 Å². The molecule has 1 aromatic heterocycles. The van der Waals surface area contributed by atoms with Crippen LogP contribution < -0.4 is 4.74 Å². The molecule has 0 saturated heterocycles. The van der Waals surface area contributed by atoms with Crippen LogP contribution in [0.25, 0.3) is 0 Å². The first-order valence-corrected chi connectivity index (χ1v) is 5.59. The molecule has 0 aliphatic heterocycles. The molecule has 0 bridgehead atoms. The third kappa shape index (κ3) is 3.37. The number of ether oxygens (including phenoxy) is 1. The molecule has 0 aliphatic carbocycles. The summed E-state index contributed by atoms with van der Waals surface area (Å²) in [5.41, 5.74) is 1.75. The third-order valence-electron chi connectivity index (χ3n) is 2.32. The predicted octanol–water partition coefficient (Wildman–Crippen LogP) is 1.34. The summed E-state index contributed by atoms with van der Waals surface area (Å²) < 4.78 is 7.33. The average molecular weight is 242 g/mol. The number of nitrogens with zero attached hydrogens (tertiary/aromatic N) is 2. The van der Waals surface area contributed by atoms with E-state index in [2.05, 4.69) is 16.9 Å². The first-order valence-electron chi connectivity index (χ1n) is 5.59. The number of aromatic nitrogens is 2. The lowest BCUT2D eigenvalue weighted by Crippen LogP contribution is -1.97. The molecule has 2 aromatic rings. The Balaban J connectivity index is 1.94. The molecular weight excluding hydrogens is 228 g/mol. The van der Waals surface area contributed by atoms with Gasteiger partial charge in [0.25, 0.3) is 0 Å². The quantitative estimate of drug-likeness (QED) is 0.826. The molecule has 0 amide bonds. The SMILES string of the molecule is Cn1ccc(COc2ccc(C#CCO)cc2)n1. The molecular formula is C14H14N2O2. The van der Waals surface area contributed by atoms with Crippen LogP contribution in [0.4, 0.5) is 0 Å². The van der Waals surface area contributed by atoms with Crippen LogP contribution in [0.5, 0.6) is 5.75 Å². The van der Waals surface area contributed by atoms with Gasteiger partial charge in [-0.15, -0.1) is 0 Å². The molecule has 0 fully saturated rings. The zero-order chi connectivity index (χ0) is 12.8. The molecule has 92 valence electrons. The minimum Gasteiger partial charge on any atom is -0.487 e. The highest BCUT2D eigenvalue weighted by Crippen LogP contribution is 2.13. The van der Waals surface area contributed by atoms with Crippen molar-refractivity contribution in [3.05, 3.63) is 47.8 Å². The maximum Gasteiger partial charge on any atom is 0.132 e. The van der Waals surface area contributed by atoms with Gasteiger partial charge in [0.2, 0.25) is 0 Å². The summed E-state index contributed by atoms with van der Waals surface area (Å²) >= 11 is 0. The van der Waals surface area contributed by atoms with Crippen LogP contribution in [0.2, 0.25) is 0 Å². The van der Waals surface area contributed by atoms with Crippen molar-refractivity contribution >= 4 is 0 Å². The number of rotatable bonds is 3. The summed E-state index contributed by atoms with van der Waals surface area (Å²) in [4.78, 5) is 0. The van der Waals surface area contributed by atoms with Gasteiger partial charge in [-0.3, -0.25) is 4.68 Å². The van der Waals surface area contributed by atoms with Crippen molar-refractivity contribution in [2.75, 3.05) is 6.61 Å². The number of aliphatic hydroxyl groups excluding tert-OH is 1. The van der Waals surface area contributed by atoms with Crippen LogP contribution in [0.1, 0.15) is 11.3 Å². The van der Waals surface area contributed by atoms with E-state index in [1.54, 1.807) is 4.68 Å². The summed E-state index contributed by atoms with van der Waals surface area (Å²) in [6.45, 7) is 0.320. The molecule has 1 N–H and O–H groups in total. The van der Waals surface area contributed by atoms with Crippen molar-refractivity contribution in [1.29, 1.82) is 0 Å². The van der Waals surface area contributed by atoms with Crippen molar-refractivity contribution in [3.8, 4) is 17.6 Å². The lowest BCUT2D eigenvalue weighted by atomic mass is 10.2. The number of aliphatic hydroxyl groups is 1. The highest BCUT2D eigenvalue weighted by Gasteiger charge is 1.98. The van der Waals surface area contributed by atoms with Crippen LogP contribution in [0.3, 0.4) is 0 Å². The Morgan fingerprint density at radius 3 is 2.67 bits per heavy atom. The van der Waals surface area contributed by atoms with Gasteiger partial charge in [0.1, 0.15) is 19.0 Å². The van der Waals surface area contributed by atoms with Crippen LogP contribution in [-0.4, -0.2) is 21.5 Å². The normalized spacial score (nSPS) is 9.67. The Morgan fingerprint density at radius 1 is 1.28 bits per heavy atom. The molecule has 4 heteroatoms. The zero-order valence-corrected chi connectivity index (χ0v) is 10.1. The summed E-state index contributed by atoms with van der Waals surface area (Å²) in [6, 6.07) is 9.34. The molecule has 18 heavy (non-hydrogen) atoms. The van der Waals surface area contributed by atoms with E-state index in [1.807, 2.05) is 43.6 Å². The Bertz CT molecular complexity index is 561.